The number of nitrogens with zero attached hydrogens (tertiary/aromatic N) is 2. The molecular weight excluding hydrogens is 709 g/mol. The van der Waals surface area contributed by atoms with E-state index in [1.807, 2.05) is 55.3 Å². The number of ether oxygens (including phenoxy) is 1. The molecule has 2 aliphatic rings. The Hall–Kier alpha value is -4.19. The first kappa shape index (κ1) is 37.6. The van der Waals surface area contributed by atoms with Crippen molar-refractivity contribution < 1.29 is 19.1 Å². The number of hydrogen-bond acceptors (Lipinski definition) is 9. The van der Waals surface area contributed by atoms with Gasteiger partial charge in [0, 0.05) is 11.1 Å². The van der Waals surface area contributed by atoms with E-state index in [0.29, 0.717) is 16.5 Å². The Balaban J connectivity index is 1.18. The summed E-state index contributed by atoms with van der Waals surface area (Å²) in [6, 6.07) is 31.0. The number of carbonyl (C=O) groups excluding carboxylic acids is 3. The molecule has 3 atom stereocenters. The maximum Gasteiger partial charge on any atom is 0.329 e. The van der Waals surface area contributed by atoms with Crippen LogP contribution in [0.3, 0.4) is 0 Å². The second-order valence-corrected chi connectivity index (χ2v) is 16.7. The van der Waals surface area contributed by atoms with Gasteiger partial charge in [-0.1, -0.05) is 111 Å². The van der Waals surface area contributed by atoms with Gasteiger partial charge in [-0.05, 0) is 54.2 Å². The Morgan fingerprint density at radius 3 is 2.17 bits per heavy atom. The van der Waals surface area contributed by atoms with Gasteiger partial charge in [-0.3, -0.25) is 14.6 Å². The third-order valence-electron chi connectivity index (χ3n) is 9.12. The summed E-state index contributed by atoms with van der Waals surface area (Å²) in [4.78, 5) is 49.6. The average Bonchev–Trinajstić information content (AvgIpc) is 3.81. The van der Waals surface area contributed by atoms with E-state index in [1.165, 1.54) is 39.8 Å². The number of esters is 1. The minimum Gasteiger partial charge on any atom is -0.456 e. The number of thiazole rings is 1. The van der Waals surface area contributed by atoms with E-state index >= 15 is 0 Å². The normalized spacial score (nSPS) is 21.5. The molecule has 1 aromatic heterocycles. The molecule has 6 rings (SSSR count). The van der Waals surface area contributed by atoms with Gasteiger partial charge in [0.15, 0.2) is 0 Å². The van der Waals surface area contributed by atoms with Crippen LogP contribution in [0.2, 0.25) is 0 Å². The van der Waals surface area contributed by atoms with Crippen molar-refractivity contribution >= 4 is 57.7 Å². The zero-order chi connectivity index (χ0) is 36.6. The van der Waals surface area contributed by atoms with E-state index in [2.05, 4.69) is 88.4 Å². The van der Waals surface area contributed by atoms with Crippen LogP contribution in [-0.2, 0) is 30.4 Å². The van der Waals surface area contributed by atoms with Crippen molar-refractivity contribution in [3.63, 3.8) is 0 Å². The number of aliphatic imine (C=N–C) groups is 1. The highest BCUT2D eigenvalue weighted by molar-refractivity contribution is 8.14. The van der Waals surface area contributed by atoms with Gasteiger partial charge in [0.2, 0.25) is 11.8 Å². The highest BCUT2D eigenvalue weighted by Gasteiger charge is 2.42. The number of fused-ring (bicyclic) bond motifs is 4. The molecule has 3 aromatic carbocycles. The topological polar surface area (TPSA) is 110 Å². The van der Waals surface area contributed by atoms with Crippen molar-refractivity contribution in [3.05, 3.63) is 136 Å². The third kappa shape index (κ3) is 8.70. The Labute approximate surface area is 318 Å². The average molecular weight is 753 g/mol. The van der Waals surface area contributed by atoms with Crippen LogP contribution in [-0.4, -0.2) is 57.0 Å². The van der Waals surface area contributed by atoms with Crippen molar-refractivity contribution in [2.75, 3.05) is 11.5 Å². The van der Waals surface area contributed by atoms with Crippen LogP contribution >= 0.6 is 34.9 Å². The van der Waals surface area contributed by atoms with Crippen LogP contribution in [0.5, 0.6) is 0 Å². The van der Waals surface area contributed by atoms with Crippen molar-refractivity contribution in [2.24, 2.45) is 10.9 Å². The molecule has 0 spiro atoms. The molecule has 4 aromatic rings. The highest BCUT2D eigenvalue weighted by Crippen LogP contribution is 2.48. The number of aromatic nitrogens is 1. The van der Waals surface area contributed by atoms with E-state index in [-0.39, 0.29) is 30.7 Å². The fourth-order valence-corrected chi connectivity index (χ4v) is 9.72. The minimum absolute atomic E-state index is 0.0482. The Bertz CT molecular complexity index is 1800. The predicted octanol–water partition coefficient (Wildman–Crippen LogP) is 7.53. The molecule has 0 radical (unpaired) electrons. The summed E-state index contributed by atoms with van der Waals surface area (Å²) in [6.07, 6.45) is 4.52. The summed E-state index contributed by atoms with van der Waals surface area (Å²) in [5.41, 5.74) is 3.29. The Kier molecular flexibility index (Phi) is 12.3. The number of nitrogens with one attached hydrogen (secondary N) is 2. The van der Waals surface area contributed by atoms with Crippen molar-refractivity contribution in [1.29, 1.82) is 0 Å². The van der Waals surface area contributed by atoms with E-state index in [9.17, 15) is 14.4 Å². The summed E-state index contributed by atoms with van der Waals surface area (Å²) >= 11 is 4.79. The summed E-state index contributed by atoms with van der Waals surface area (Å²) in [6.45, 7) is 5.74. The van der Waals surface area contributed by atoms with E-state index in [0.717, 1.165) is 23.6 Å². The summed E-state index contributed by atoms with van der Waals surface area (Å²) in [5, 5.41) is 9.15. The van der Waals surface area contributed by atoms with Gasteiger partial charge < -0.3 is 15.4 Å². The van der Waals surface area contributed by atoms with Crippen LogP contribution in [0.1, 0.15) is 67.4 Å². The number of rotatable bonds is 10. The maximum atomic E-state index is 13.6. The molecule has 2 N–H and O–H groups in total. The number of carbonyl (C=O) groups is 3. The van der Waals surface area contributed by atoms with Gasteiger partial charge in [0.05, 0.1) is 17.7 Å². The largest absolute Gasteiger partial charge is 0.456 e. The molecule has 4 bridgehead atoms. The predicted molar refractivity (Wildman–Crippen MR) is 213 cm³/mol. The monoisotopic (exact) mass is 752 g/mol. The lowest BCUT2D eigenvalue weighted by atomic mass is 9.84. The molecule has 52 heavy (non-hydrogen) atoms. The zero-order valence-corrected chi connectivity index (χ0v) is 32.1. The first-order chi connectivity index (χ1) is 25.2. The lowest BCUT2D eigenvalue weighted by molar-refractivity contribution is -0.153. The lowest BCUT2D eigenvalue weighted by Gasteiger charge is -2.35. The lowest BCUT2D eigenvalue weighted by Crippen LogP contribution is -2.53. The van der Waals surface area contributed by atoms with E-state index < -0.39 is 28.4 Å². The van der Waals surface area contributed by atoms with Gasteiger partial charge >= 0.3 is 5.97 Å². The number of unbranched alkanes of at least 4 members (excludes halogenated alkanes) is 1. The molecule has 8 nitrogen and oxygen atoms in total. The molecule has 2 amide bonds. The highest BCUT2D eigenvalue weighted by atomic mass is 32.2. The van der Waals surface area contributed by atoms with Gasteiger partial charge in [-0.25, -0.2) is 9.78 Å². The zero-order valence-electron chi connectivity index (χ0n) is 29.6. The number of cyclic esters (lactones) is 1. The van der Waals surface area contributed by atoms with Crippen molar-refractivity contribution in [3.8, 4) is 0 Å². The number of thioether (sulfide) groups is 2. The summed E-state index contributed by atoms with van der Waals surface area (Å²) in [5.74, 6) is -0.129. The smallest absolute Gasteiger partial charge is 0.329 e. The fourth-order valence-electron chi connectivity index (χ4n) is 6.27. The van der Waals surface area contributed by atoms with Gasteiger partial charge in [0.25, 0.3) is 0 Å². The number of hydrogen-bond donors (Lipinski definition) is 2. The van der Waals surface area contributed by atoms with Crippen molar-refractivity contribution in [1.82, 2.24) is 15.6 Å². The van der Waals surface area contributed by atoms with Crippen LogP contribution < -0.4 is 10.6 Å². The molecule has 0 saturated carbocycles. The molecule has 0 aliphatic carbocycles. The van der Waals surface area contributed by atoms with Crippen LogP contribution in [0.4, 0.5) is 0 Å². The van der Waals surface area contributed by atoms with Gasteiger partial charge in [-0.2, -0.15) is 0 Å². The molecule has 0 saturated heterocycles. The van der Waals surface area contributed by atoms with Gasteiger partial charge in [-0.15, -0.1) is 34.9 Å². The molecule has 3 heterocycles. The third-order valence-corrected chi connectivity index (χ3v) is 12.9. The fraction of sp³-hybridized carbons (Fsp3) is 0.341. The molecule has 2 unspecified atom stereocenters. The Morgan fingerprint density at radius 1 is 0.962 bits per heavy atom. The standard InChI is InChI=1S/C41H44N4O4S3/c1-28(2)36-38(47)49-32(24-34(46)42-25-35-43-33(26-50-35)37-45-40(3,27-51-37)39(48)44-36)22-14-7-15-23-52-41(29-16-8-4-9-17-29,30-18-10-5-11-19-30)31-20-12-6-13-21-31/h4-6,8-14,16-22,26,28,32,36H,7,15,23-25,27H2,1-3H3,(H,42,46)(H,44,48)/b22-14+/t32?,36?,40-/m0/s1. The number of amides is 2. The first-order valence-corrected chi connectivity index (χ1v) is 20.5. The molecule has 2 aliphatic heterocycles. The molecule has 0 fully saturated rings. The van der Waals surface area contributed by atoms with Crippen LogP contribution in [0, 0.1) is 5.92 Å². The maximum absolute atomic E-state index is 13.6. The second-order valence-electron chi connectivity index (χ2n) is 13.5. The SMILES string of the molecule is CC(C)C1NC(=O)[C@]2(C)CSC(=N2)c2csc(n2)CNC(=O)CC(/C=C/CCCSC(c2ccccc2)(c2ccccc2)c2ccccc2)OC1=O. The van der Waals surface area contributed by atoms with E-state index in [4.69, 9.17) is 9.73 Å². The number of benzene rings is 3. The number of allylic oxidation sites excluding steroid dienone is 1. The minimum atomic E-state index is -1.04. The summed E-state index contributed by atoms with van der Waals surface area (Å²) in [7, 11) is 0. The molecular formula is C41H44N4O4S3. The van der Waals surface area contributed by atoms with Crippen molar-refractivity contribution in [2.45, 2.75) is 69.0 Å². The summed E-state index contributed by atoms with van der Waals surface area (Å²) < 4.78 is 5.56. The second kappa shape index (κ2) is 17.1. The van der Waals surface area contributed by atoms with Crippen LogP contribution in [0.15, 0.2) is 114 Å². The molecule has 270 valence electrons. The Morgan fingerprint density at radius 2 is 1.58 bits per heavy atom. The van der Waals surface area contributed by atoms with Gasteiger partial charge in [0.1, 0.15) is 33.4 Å². The first-order valence-electron chi connectivity index (χ1n) is 17.6. The quantitative estimate of drug-likeness (QED) is 0.0747. The molecule has 11 heteroatoms. The van der Waals surface area contributed by atoms with E-state index in [1.54, 1.807) is 13.0 Å². The van der Waals surface area contributed by atoms with Crippen LogP contribution in [0.25, 0.3) is 0 Å².